The fourth-order valence-corrected chi connectivity index (χ4v) is 0.714. The molecular formula is C6H10N3NaO16. The Balaban J connectivity index is -0.0000000933. The third-order valence-electron chi connectivity index (χ3n) is 1.29. The Labute approximate surface area is 162 Å². The van der Waals surface area contributed by atoms with Crippen molar-refractivity contribution in [2.75, 3.05) is 0 Å². The van der Waals surface area contributed by atoms with Crippen LogP contribution in [0, 0.1) is 35.6 Å². The van der Waals surface area contributed by atoms with Crippen molar-refractivity contribution >= 4 is 17.9 Å². The molecule has 0 saturated carbocycles. The Morgan fingerprint density at radius 2 is 0.923 bits per heavy atom. The zero-order valence-corrected chi connectivity index (χ0v) is 14.5. The molecule has 0 heterocycles. The maximum Gasteiger partial charge on any atom is 1.00 e. The summed E-state index contributed by atoms with van der Waals surface area (Å²) >= 11 is 0. The van der Waals surface area contributed by atoms with Crippen LogP contribution in [0.5, 0.6) is 0 Å². The van der Waals surface area contributed by atoms with Crippen LogP contribution in [0.25, 0.3) is 0 Å². The Bertz CT molecular complexity index is 436. The van der Waals surface area contributed by atoms with Crippen LogP contribution in [-0.4, -0.2) is 69.6 Å². The number of carbonyl (C=O) groups is 3. The van der Waals surface area contributed by atoms with Crippen molar-refractivity contribution in [3.05, 3.63) is 35.6 Å². The van der Waals surface area contributed by atoms with Crippen LogP contribution in [0.1, 0.15) is 12.8 Å². The average molecular weight is 403 g/mol. The van der Waals surface area contributed by atoms with Crippen molar-refractivity contribution in [1.29, 1.82) is 0 Å². The van der Waals surface area contributed by atoms with Gasteiger partial charge in [-0.05, 0) is 0 Å². The largest absolute Gasteiger partial charge is 1.00 e. The molecule has 0 aliphatic rings. The number of nitrogens with zero attached hydrogens (tertiary/aromatic N) is 3. The number of aliphatic carboxylic acids is 3. The Hall–Kier alpha value is -3.03. The number of carboxylic acids is 3. The molecule has 0 fully saturated rings. The van der Waals surface area contributed by atoms with Crippen molar-refractivity contribution in [3.63, 3.8) is 0 Å². The van der Waals surface area contributed by atoms with Gasteiger partial charge in [-0.15, -0.1) is 20.2 Å². The number of hydrogen-bond donors (Lipinski definition) is 6. The summed E-state index contributed by atoms with van der Waals surface area (Å²) in [5.41, 5.74) is -2.74. The molecule has 0 amide bonds. The summed E-state index contributed by atoms with van der Waals surface area (Å²) in [6.45, 7) is 0. The van der Waals surface area contributed by atoms with Gasteiger partial charge < -0.3 is 46.2 Å². The van der Waals surface area contributed by atoms with Gasteiger partial charge in [0.2, 0.25) is 0 Å². The van der Waals surface area contributed by atoms with Gasteiger partial charge in [0.25, 0.3) is 10.2 Å². The zero-order chi connectivity index (χ0) is 21.4. The molecule has 0 aromatic heterocycles. The Kier molecular flexibility index (Phi) is 24.2. The fraction of sp³-hybridized carbons (Fsp3) is 0.500. The number of carboxylic acid groups (broad SMARTS) is 3. The smallest absolute Gasteiger partial charge is 0.481 e. The third kappa shape index (κ3) is 49.7. The van der Waals surface area contributed by atoms with Crippen molar-refractivity contribution < 1.29 is 90.0 Å². The van der Waals surface area contributed by atoms with E-state index in [4.69, 9.17) is 66.4 Å². The molecule has 0 aliphatic carbocycles. The summed E-state index contributed by atoms with van der Waals surface area (Å²) in [7, 11) is 0. The normalized spacial score (nSPS) is 8.19. The molecule has 0 bridgehead atoms. The first-order chi connectivity index (χ1) is 11.0. The quantitative estimate of drug-likeness (QED) is 0.142. The predicted molar refractivity (Wildman–Crippen MR) is 65.0 cm³/mol. The van der Waals surface area contributed by atoms with Crippen LogP contribution < -0.4 is 29.6 Å². The number of aliphatic hydroxyl groups is 1. The van der Waals surface area contributed by atoms with E-state index in [-0.39, 0.29) is 29.6 Å². The van der Waals surface area contributed by atoms with E-state index in [0.29, 0.717) is 0 Å². The molecule has 0 saturated heterocycles. The fourth-order valence-electron chi connectivity index (χ4n) is 0.714. The van der Waals surface area contributed by atoms with Crippen LogP contribution in [0.15, 0.2) is 0 Å². The van der Waals surface area contributed by atoms with Crippen molar-refractivity contribution in [3.8, 4) is 0 Å². The van der Waals surface area contributed by atoms with E-state index in [1.54, 1.807) is 0 Å². The summed E-state index contributed by atoms with van der Waals surface area (Å²) in [5.74, 6) is -5.02. The van der Waals surface area contributed by atoms with Gasteiger partial charge >= 0.3 is 47.5 Å². The van der Waals surface area contributed by atoms with Crippen molar-refractivity contribution in [2.24, 2.45) is 0 Å². The van der Waals surface area contributed by atoms with E-state index in [9.17, 15) is 14.4 Å². The molecule has 6 N–H and O–H groups in total. The van der Waals surface area contributed by atoms with Crippen molar-refractivity contribution in [2.45, 2.75) is 18.4 Å². The van der Waals surface area contributed by atoms with E-state index in [2.05, 4.69) is 0 Å². The second-order valence-electron chi connectivity index (χ2n) is 3.18. The van der Waals surface area contributed by atoms with Gasteiger partial charge in [-0.25, -0.2) is 4.79 Å². The summed E-state index contributed by atoms with van der Waals surface area (Å²) in [4.78, 5) is 55.5. The van der Waals surface area contributed by atoms with Gasteiger partial charge in [-0.2, -0.15) is 0 Å². The summed E-state index contributed by atoms with van der Waals surface area (Å²) in [6, 6.07) is 0. The summed E-state index contributed by atoms with van der Waals surface area (Å²) in [5, 5.41) is 75.8. The molecule has 0 aromatic carbocycles. The monoisotopic (exact) mass is 403 g/mol. The van der Waals surface area contributed by atoms with Gasteiger partial charge in [-0.3, -0.25) is 9.59 Å². The van der Waals surface area contributed by atoms with Gasteiger partial charge in [-0.1, -0.05) is 0 Å². The van der Waals surface area contributed by atoms with Gasteiger partial charge in [0.15, 0.2) is 5.60 Å². The molecule has 0 radical (unpaired) electrons. The predicted octanol–water partition coefficient (Wildman–Crippen LogP) is -5.18. The molecule has 26 heavy (non-hydrogen) atoms. The topological polar surface area (TPSA) is 325 Å². The molecule has 0 aliphatic heterocycles. The first kappa shape index (κ1) is 34.3. The molecule has 20 heteroatoms. The minimum absolute atomic E-state index is 0. The minimum atomic E-state index is -2.74. The molecule has 0 atom stereocenters. The molecule has 0 spiro atoms. The molecule has 146 valence electrons. The third-order valence-corrected chi connectivity index (χ3v) is 1.29. The second-order valence-corrected chi connectivity index (χ2v) is 3.18. The maximum atomic E-state index is 10.3. The molecule has 19 nitrogen and oxygen atoms in total. The van der Waals surface area contributed by atoms with Gasteiger partial charge in [0.1, 0.15) is 0 Å². The van der Waals surface area contributed by atoms with Crippen LogP contribution in [-0.2, 0) is 14.4 Å². The van der Waals surface area contributed by atoms with Gasteiger partial charge in [0, 0.05) is 0 Å². The summed E-state index contributed by atoms with van der Waals surface area (Å²) < 4.78 is 0. The molecular weight excluding hydrogens is 393 g/mol. The zero-order valence-electron chi connectivity index (χ0n) is 12.5. The standard InChI is InChI=1S/C6H8O7.2HNO3.NO3.Na/c7-3(8)1-6(13,5(11)12)2-4(9)10;3*2-1(3)4;/h13H,1-2H2,(H,7,8)(H,9,10)(H,11,12);2*(H,2,3,4);;/q;;;-1;+1. The molecule has 0 aromatic rings. The SMILES string of the molecule is O=C(O)CC(O)(CC(=O)O)C(=O)O.O=[N+]([O-])O.O=[N+]([O-])O.O=[N+]([O-])[O-].[Na+]. The Morgan fingerprint density at radius 1 is 0.769 bits per heavy atom. The van der Waals surface area contributed by atoms with Crippen LogP contribution in [0.2, 0.25) is 0 Å². The molecule has 0 unspecified atom stereocenters. The van der Waals surface area contributed by atoms with E-state index in [0.717, 1.165) is 0 Å². The first-order valence-corrected chi connectivity index (χ1v) is 4.85. The summed E-state index contributed by atoms with van der Waals surface area (Å²) in [6.07, 6.45) is -2.29. The minimum Gasteiger partial charge on any atom is -0.481 e. The number of hydrogen-bond acceptors (Lipinski definition) is 11. The Morgan fingerprint density at radius 3 is 1.00 bits per heavy atom. The second kappa shape index (κ2) is 18.3. The maximum absolute atomic E-state index is 10.3. The first-order valence-electron chi connectivity index (χ1n) is 4.85. The van der Waals surface area contributed by atoms with Crippen LogP contribution in [0.3, 0.4) is 0 Å². The van der Waals surface area contributed by atoms with E-state index in [1.165, 1.54) is 0 Å². The average Bonchev–Trinajstić information content (AvgIpc) is 2.22. The molecule has 0 rings (SSSR count). The van der Waals surface area contributed by atoms with E-state index < -0.39 is 51.6 Å². The van der Waals surface area contributed by atoms with Crippen LogP contribution >= 0.6 is 0 Å². The van der Waals surface area contributed by atoms with E-state index >= 15 is 0 Å². The van der Waals surface area contributed by atoms with E-state index in [1.807, 2.05) is 0 Å². The number of rotatable bonds is 5. The van der Waals surface area contributed by atoms with Crippen molar-refractivity contribution in [1.82, 2.24) is 0 Å². The van der Waals surface area contributed by atoms with Gasteiger partial charge in [0.05, 0.1) is 17.9 Å². The van der Waals surface area contributed by atoms with Crippen LogP contribution in [0.4, 0.5) is 0 Å².